The summed E-state index contributed by atoms with van der Waals surface area (Å²) in [6, 6.07) is 0. The van der Waals surface area contributed by atoms with Crippen LogP contribution in [0.15, 0.2) is 0 Å². The Hall–Kier alpha value is -1.18. The lowest BCUT2D eigenvalue weighted by Crippen LogP contribution is -2.11. The van der Waals surface area contributed by atoms with Gasteiger partial charge in [0, 0.05) is 25.7 Å². The van der Waals surface area contributed by atoms with Crippen LogP contribution in [0.5, 0.6) is 0 Å². The number of ether oxygens (including phenoxy) is 1. The van der Waals surface area contributed by atoms with Crippen LogP contribution in [-0.4, -0.2) is 34.7 Å². The average molecular weight is 360 g/mol. The zero-order valence-electron chi connectivity index (χ0n) is 15.0. The van der Waals surface area contributed by atoms with Crippen LogP contribution in [0.2, 0.25) is 0 Å². The molecule has 2 unspecified atom stereocenters. The third-order valence-electron chi connectivity index (χ3n) is 4.23. The molecule has 2 N–H and O–H groups in total. The predicted octanol–water partition coefficient (Wildman–Crippen LogP) is 4.25. The summed E-state index contributed by atoms with van der Waals surface area (Å²) in [4.78, 5) is 31.1. The molecular weight excluding hydrogens is 328 g/mol. The summed E-state index contributed by atoms with van der Waals surface area (Å²) >= 11 is 0. The van der Waals surface area contributed by atoms with Crippen LogP contribution in [-0.2, 0) is 24.1 Å². The second kappa shape index (κ2) is 14.0. The summed E-state index contributed by atoms with van der Waals surface area (Å²) < 4.78 is 5.68. The second-order valence-corrected chi connectivity index (χ2v) is 6.59. The highest BCUT2D eigenvalue weighted by atomic mass is 17.3. The van der Waals surface area contributed by atoms with Gasteiger partial charge in [-0.25, -0.2) is 9.78 Å². The first-order valence-electron chi connectivity index (χ1n) is 9.49. The SMILES string of the molecule is O=C(O)CCCCCCCC1OOC(CCCCCCCC(=O)O)O1. The Bertz CT molecular complexity index is 338. The van der Waals surface area contributed by atoms with Gasteiger partial charge < -0.3 is 14.9 Å². The monoisotopic (exact) mass is 360 g/mol. The Morgan fingerprint density at radius 2 is 0.960 bits per heavy atom. The van der Waals surface area contributed by atoms with Crippen molar-refractivity contribution in [3.05, 3.63) is 0 Å². The molecule has 7 heteroatoms. The third kappa shape index (κ3) is 12.8. The summed E-state index contributed by atoms with van der Waals surface area (Å²) in [5.41, 5.74) is 0. The molecule has 0 aromatic rings. The summed E-state index contributed by atoms with van der Waals surface area (Å²) in [5.74, 6) is -1.45. The van der Waals surface area contributed by atoms with Crippen molar-refractivity contribution in [3.8, 4) is 0 Å². The molecule has 0 aromatic carbocycles. The van der Waals surface area contributed by atoms with Crippen molar-refractivity contribution >= 4 is 11.9 Å². The lowest BCUT2D eigenvalue weighted by molar-refractivity contribution is -0.298. The minimum Gasteiger partial charge on any atom is -0.481 e. The van der Waals surface area contributed by atoms with Crippen LogP contribution in [0.4, 0.5) is 0 Å². The Morgan fingerprint density at radius 1 is 0.600 bits per heavy atom. The summed E-state index contributed by atoms with van der Waals surface area (Å²) in [6.45, 7) is 0. The Morgan fingerprint density at radius 3 is 1.36 bits per heavy atom. The highest BCUT2D eigenvalue weighted by Crippen LogP contribution is 2.23. The van der Waals surface area contributed by atoms with Gasteiger partial charge in [-0.1, -0.05) is 38.5 Å². The zero-order valence-corrected chi connectivity index (χ0v) is 15.0. The maximum Gasteiger partial charge on any atom is 0.303 e. The van der Waals surface area contributed by atoms with Gasteiger partial charge in [-0.15, -0.1) is 0 Å². The van der Waals surface area contributed by atoms with Crippen LogP contribution >= 0.6 is 0 Å². The molecule has 25 heavy (non-hydrogen) atoms. The van der Waals surface area contributed by atoms with E-state index in [2.05, 4.69) is 0 Å². The molecule has 0 aromatic heterocycles. The fourth-order valence-electron chi connectivity index (χ4n) is 2.81. The van der Waals surface area contributed by atoms with E-state index in [0.717, 1.165) is 77.0 Å². The topological polar surface area (TPSA) is 102 Å². The van der Waals surface area contributed by atoms with Gasteiger partial charge in [0.15, 0.2) is 12.6 Å². The van der Waals surface area contributed by atoms with E-state index in [1.807, 2.05) is 0 Å². The summed E-state index contributed by atoms with van der Waals surface area (Å²) in [7, 11) is 0. The van der Waals surface area contributed by atoms with Crippen LogP contribution in [0, 0.1) is 0 Å². The lowest BCUT2D eigenvalue weighted by Gasteiger charge is -2.08. The molecule has 0 spiro atoms. The molecule has 7 nitrogen and oxygen atoms in total. The number of carbonyl (C=O) groups is 2. The normalized spacial score (nSPS) is 20.0. The standard InChI is InChI=1S/C18H32O7/c19-15(20)11-7-3-1-5-9-13-17-23-18(25-24-17)14-10-6-2-4-8-12-16(21)22/h17-18H,1-14H2,(H,19,20)(H,21,22). The minimum absolute atomic E-state index is 0.254. The van der Waals surface area contributed by atoms with Crippen molar-refractivity contribution in [2.24, 2.45) is 0 Å². The number of rotatable bonds is 16. The smallest absolute Gasteiger partial charge is 0.303 e. The van der Waals surface area contributed by atoms with Crippen LogP contribution < -0.4 is 0 Å². The molecule has 0 radical (unpaired) electrons. The van der Waals surface area contributed by atoms with E-state index in [0.29, 0.717) is 0 Å². The summed E-state index contributed by atoms with van der Waals surface area (Å²) in [6.07, 6.45) is 11.0. The quantitative estimate of drug-likeness (QED) is 0.313. The Kier molecular flexibility index (Phi) is 12.3. The minimum atomic E-state index is -0.726. The molecule has 2 atom stereocenters. The highest BCUT2D eigenvalue weighted by Gasteiger charge is 2.26. The van der Waals surface area contributed by atoms with Crippen LogP contribution in [0.3, 0.4) is 0 Å². The van der Waals surface area contributed by atoms with Gasteiger partial charge in [0.1, 0.15) is 0 Å². The maximum atomic E-state index is 10.4. The molecule has 1 rings (SSSR count). The van der Waals surface area contributed by atoms with Crippen molar-refractivity contribution < 1.29 is 34.3 Å². The maximum absolute atomic E-state index is 10.4. The third-order valence-corrected chi connectivity index (χ3v) is 4.23. The van der Waals surface area contributed by atoms with Gasteiger partial charge in [-0.2, -0.15) is 0 Å². The number of aliphatic carboxylic acids is 2. The van der Waals surface area contributed by atoms with Gasteiger partial charge >= 0.3 is 11.9 Å². The average Bonchev–Trinajstić information content (AvgIpc) is 3.00. The van der Waals surface area contributed by atoms with Gasteiger partial charge in [-0.3, -0.25) is 9.59 Å². The van der Waals surface area contributed by atoms with Gasteiger partial charge in [0.2, 0.25) is 0 Å². The first-order valence-corrected chi connectivity index (χ1v) is 9.49. The fraction of sp³-hybridized carbons (Fsp3) is 0.889. The van der Waals surface area contributed by atoms with E-state index >= 15 is 0 Å². The van der Waals surface area contributed by atoms with Crippen molar-refractivity contribution in [1.29, 1.82) is 0 Å². The van der Waals surface area contributed by atoms with E-state index < -0.39 is 11.9 Å². The van der Waals surface area contributed by atoms with Crippen LogP contribution in [0.25, 0.3) is 0 Å². The Balaban J connectivity index is 1.87. The molecule has 1 aliphatic heterocycles. The zero-order chi connectivity index (χ0) is 18.3. The lowest BCUT2D eigenvalue weighted by atomic mass is 10.1. The second-order valence-electron chi connectivity index (χ2n) is 6.59. The number of carboxylic acid groups (broad SMARTS) is 2. The van der Waals surface area contributed by atoms with E-state index in [9.17, 15) is 9.59 Å². The van der Waals surface area contributed by atoms with Crippen molar-refractivity contribution in [1.82, 2.24) is 0 Å². The molecule has 0 bridgehead atoms. The van der Waals surface area contributed by atoms with Gasteiger partial charge in [-0.05, 0) is 25.7 Å². The first-order chi connectivity index (χ1) is 12.1. The molecule has 1 saturated heterocycles. The number of hydrogen-bond acceptors (Lipinski definition) is 5. The van der Waals surface area contributed by atoms with E-state index in [-0.39, 0.29) is 25.4 Å². The molecular formula is C18H32O7. The van der Waals surface area contributed by atoms with Crippen molar-refractivity contribution in [2.75, 3.05) is 0 Å². The molecule has 1 aliphatic rings. The predicted molar refractivity (Wildman–Crippen MR) is 90.7 cm³/mol. The van der Waals surface area contributed by atoms with Crippen molar-refractivity contribution in [3.63, 3.8) is 0 Å². The largest absolute Gasteiger partial charge is 0.481 e. The molecule has 0 amide bonds. The number of unbranched alkanes of at least 4 members (excludes halogenated alkanes) is 8. The van der Waals surface area contributed by atoms with E-state index in [4.69, 9.17) is 24.7 Å². The van der Waals surface area contributed by atoms with E-state index in [1.54, 1.807) is 0 Å². The van der Waals surface area contributed by atoms with Crippen LogP contribution in [0.1, 0.15) is 89.9 Å². The van der Waals surface area contributed by atoms with Gasteiger partial charge in [0.05, 0.1) is 0 Å². The molecule has 1 fully saturated rings. The Labute approximate surface area is 149 Å². The first kappa shape index (κ1) is 21.9. The molecule has 146 valence electrons. The molecule has 1 heterocycles. The van der Waals surface area contributed by atoms with Gasteiger partial charge in [0.25, 0.3) is 0 Å². The van der Waals surface area contributed by atoms with E-state index in [1.165, 1.54) is 0 Å². The molecule has 0 aliphatic carbocycles. The highest BCUT2D eigenvalue weighted by molar-refractivity contribution is 5.66. The van der Waals surface area contributed by atoms with Crippen molar-refractivity contribution in [2.45, 2.75) is 102 Å². The summed E-state index contributed by atoms with van der Waals surface area (Å²) in [5, 5.41) is 17.1. The number of carboxylic acids is 2. The number of hydrogen-bond donors (Lipinski definition) is 2. The fourth-order valence-corrected chi connectivity index (χ4v) is 2.81. The molecule has 0 saturated carbocycles.